The lowest BCUT2D eigenvalue weighted by Gasteiger charge is -2.05. The number of amides is 1. The summed E-state index contributed by atoms with van der Waals surface area (Å²) < 4.78 is 25.6. The molecule has 0 aliphatic rings. The molecule has 0 saturated heterocycles. The molecule has 0 atom stereocenters. The molecule has 0 aliphatic carbocycles. The third-order valence-electron chi connectivity index (χ3n) is 3.72. The Balaban J connectivity index is 1.32. The van der Waals surface area contributed by atoms with Gasteiger partial charge in [0, 0.05) is 17.9 Å². The molecule has 0 fully saturated rings. The predicted octanol–water partition coefficient (Wildman–Crippen LogP) is 2.90. The topological polar surface area (TPSA) is 112 Å². The van der Waals surface area contributed by atoms with Gasteiger partial charge in [-0.3, -0.25) is 14.9 Å². The Hall–Kier alpha value is -3.25. The molecule has 0 saturated carbocycles. The van der Waals surface area contributed by atoms with Crippen molar-refractivity contribution in [1.82, 2.24) is 19.8 Å². The molecule has 12 heteroatoms. The van der Waals surface area contributed by atoms with E-state index in [1.54, 1.807) is 19.1 Å². The van der Waals surface area contributed by atoms with E-state index in [0.717, 1.165) is 4.57 Å². The zero-order valence-corrected chi connectivity index (χ0v) is 17.1. The van der Waals surface area contributed by atoms with Gasteiger partial charge in [-0.05, 0) is 19.1 Å². The number of hydrogen-bond donors (Lipinski definition) is 1. The van der Waals surface area contributed by atoms with Crippen molar-refractivity contribution in [3.05, 3.63) is 64.0 Å². The van der Waals surface area contributed by atoms with Crippen LogP contribution in [0.2, 0.25) is 0 Å². The van der Waals surface area contributed by atoms with Gasteiger partial charge in [0.05, 0.1) is 5.69 Å². The Morgan fingerprint density at radius 2 is 2.17 bits per heavy atom. The summed E-state index contributed by atoms with van der Waals surface area (Å²) in [6.45, 7) is 1.38. The number of anilines is 1. The highest BCUT2D eigenvalue weighted by atomic mass is 32.2. The van der Waals surface area contributed by atoms with E-state index < -0.39 is 11.7 Å². The second-order valence-corrected chi connectivity index (χ2v) is 8.21. The molecule has 4 aromatic rings. The number of halogens is 1. The van der Waals surface area contributed by atoms with Crippen molar-refractivity contribution in [1.29, 1.82) is 0 Å². The summed E-state index contributed by atoms with van der Waals surface area (Å²) in [5.41, 5.74) is 0.712. The van der Waals surface area contributed by atoms with Crippen molar-refractivity contribution in [2.45, 2.75) is 17.0 Å². The molecule has 30 heavy (non-hydrogen) atoms. The van der Waals surface area contributed by atoms with Crippen LogP contribution in [-0.4, -0.2) is 32.3 Å². The van der Waals surface area contributed by atoms with Crippen LogP contribution >= 0.6 is 23.1 Å². The first-order valence-electron chi connectivity index (χ1n) is 8.61. The number of fused-ring (bicyclic) bond motifs is 1. The Bertz CT molecular complexity index is 1270. The lowest BCUT2D eigenvalue weighted by Crippen LogP contribution is -2.20. The number of benzene rings is 1. The van der Waals surface area contributed by atoms with Gasteiger partial charge in [0.15, 0.2) is 28.2 Å². The number of hydrogen-bond acceptors (Lipinski definition) is 9. The fourth-order valence-electron chi connectivity index (χ4n) is 2.46. The van der Waals surface area contributed by atoms with E-state index in [-0.39, 0.29) is 23.0 Å². The molecular weight excluding hydrogens is 433 g/mol. The van der Waals surface area contributed by atoms with E-state index in [4.69, 9.17) is 9.26 Å². The number of aromatic nitrogens is 4. The zero-order valence-electron chi connectivity index (χ0n) is 15.5. The number of aryl methyl sites for hydroxylation is 1. The van der Waals surface area contributed by atoms with Gasteiger partial charge in [0.2, 0.25) is 5.13 Å². The third kappa shape index (κ3) is 4.66. The summed E-state index contributed by atoms with van der Waals surface area (Å²) in [6.07, 6.45) is 0. The third-order valence-corrected chi connectivity index (χ3v) is 5.72. The number of nitrogens with one attached hydrogen (secondary N) is 1. The molecule has 1 N–H and O–H groups in total. The molecule has 0 bridgehead atoms. The first-order chi connectivity index (χ1) is 14.5. The maximum atomic E-state index is 13.5. The van der Waals surface area contributed by atoms with Crippen molar-refractivity contribution in [3.63, 3.8) is 0 Å². The highest BCUT2D eigenvalue weighted by molar-refractivity contribution is 8.00. The number of nitrogens with zero attached hydrogens (tertiary/aromatic N) is 4. The average molecular weight is 447 g/mol. The molecule has 0 radical (unpaired) electrons. The van der Waals surface area contributed by atoms with E-state index in [0.29, 0.717) is 27.2 Å². The summed E-state index contributed by atoms with van der Waals surface area (Å²) in [5.74, 6) is -0.0461. The molecule has 0 aliphatic heterocycles. The maximum Gasteiger partial charge on any atom is 0.287 e. The van der Waals surface area contributed by atoms with Gasteiger partial charge in [-0.1, -0.05) is 35.2 Å². The van der Waals surface area contributed by atoms with Crippen LogP contribution in [0.25, 0.3) is 5.65 Å². The van der Waals surface area contributed by atoms with Crippen molar-refractivity contribution in [2.24, 2.45) is 0 Å². The second-order valence-electron chi connectivity index (χ2n) is 6.01. The summed E-state index contributed by atoms with van der Waals surface area (Å²) >= 11 is 2.50. The van der Waals surface area contributed by atoms with Crippen molar-refractivity contribution >= 4 is 39.8 Å². The van der Waals surface area contributed by atoms with Gasteiger partial charge < -0.3 is 9.26 Å². The lowest BCUT2D eigenvalue weighted by atomic mass is 10.3. The van der Waals surface area contributed by atoms with Crippen LogP contribution < -0.4 is 15.6 Å². The number of carbonyl (C=O) groups excluding carboxylic acids is 1. The summed E-state index contributed by atoms with van der Waals surface area (Å²) in [5, 5.41) is 10.7. The molecule has 0 unspecified atom stereocenters. The lowest BCUT2D eigenvalue weighted by molar-refractivity contribution is -0.118. The SMILES string of the molecule is Cc1cc2nc(CSc3nnc(NC(=O)COc4ccccc4F)s3)cc(=O)n2o1. The minimum Gasteiger partial charge on any atom is -0.481 e. The van der Waals surface area contributed by atoms with Crippen LogP contribution in [0.1, 0.15) is 11.5 Å². The van der Waals surface area contributed by atoms with Gasteiger partial charge in [-0.25, -0.2) is 9.37 Å². The van der Waals surface area contributed by atoms with Gasteiger partial charge in [0.1, 0.15) is 5.76 Å². The van der Waals surface area contributed by atoms with Crippen molar-refractivity contribution in [2.75, 3.05) is 11.9 Å². The van der Waals surface area contributed by atoms with E-state index in [1.165, 1.54) is 47.4 Å². The minimum absolute atomic E-state index is 0.00523. The molecule has 1 amide bonds. The summed E-state index contributed by atoms with van der Waals surface area (Å²) in [7, 11) is 0. The molecule has 4 rings (SSSR count). The quantitative estimate of drug-likeness (QED) is 0.340. The van der Waals surface area contributed by atoms with Crippen LogP contribution in [0.15, 0.2) is 50.1 Å². The predicted molar refractivity (Wildman–Crippen MR) is 108 cm³/mol. The minimum atomic E-state index is -0.545. The van der Waals surface area contributed by atoms with Crippen molar-refractivity contribution in [3.8, 4) is 5.75 Å². The molecule has 0 spiro atoms. The van der Waals surface area contributed by atoms with Crippen LogP contribution in [0, 0.1) is 12.7 Å². The molecule has 154 valence electrons. The summed E-state index contributed by atoms with van der Waals surface area (Å²) in [6, 6.07) is 8.90. The average Bonchev–Trinajstić information content (AvgIpc) is 3.31. The first kappa shape index (κ1) is 20.0. The fraction of sp³-hybridized carbons (Fsp3) is 0.167. The molecule has 3 aromatic heterocycles. The molecule has 9 nitrogen and oxygen atoms in total. The van der Waals surface area contributed by atoms with Crippen LogP contribution in [0.5, 0.6) is 5.75 Å². The van der Waals surface area contributed by atoms with Crippen molar-refractivity contribution < 1.29 is 18.4 Å². The first-order valence-corrected chi connectivity index (χ1v) is 10.4. The summed E-state index contributed by atoms with van der Waals surface area (Å²) in [4.78, 5) is 28.4. The Morgan fingerprint density at radius 3 is 3.00 bits per heavy atom. The van der Waals surface area contributed by atoms with Gasteiger partial charge in [-0.15, -0.1) is 14.8 Å². The highest BCUT2D eigenvalue weighted by Crippen LogP contribution is 2.27. The number of carbonyl (C=O) groups is 1. The Morgan fingerprint density at radius 1 is 1.33 bits per heavy atom. The normalized spacial score (nSPS) is 11.0. The number of rotatable bonds is 7. The standard InChI is InChI=1S/C18H14FN5O4S2/c1-10-6-14-20-11(7-16(26)24(14)28-10)9-29-18-23-22-17(30-18)21-15(25)8-27-13-5-3-2-4-12(13)19/h2-7H,8-9H2,1H3,(H,21,22,25). The smallest absolute Gasteiger partial charge is 0.287 e. The van der Waals surface area contributed by atoms with Gasteiger partial charge >= 0.3 is 0 Å². The molecule has 3 heterocycles. The number of para-hydroxylation sites is 1. The van der Waals surface area contributed by atoms with Crippen LogP contribution in [0.3, 0.4) is 0 Å². The molecular formula is C18H14FN5O4S2. The van der Waals surface area contributed by atoms with Crippen LogP contribution in [-0.2, 0) is 10.5 Å². The van der Waals surface area contributed by atoms with E-state index in [2.05, 4.69) is 20.5 Å². The largest absolute Gasteiger partial charge is 0.481 e. The van der Waals surface area contributed by atoms with E-state index in [9.17, 15) is 14.0 Å². The highest BCUT2D eigenvalue weighted by Gasteiger charge is 2.12. The monoisotopic (exact) mass is 447 g/mol. The maximum absolute atomic E-state index is 13.5. The molecule has 1 aromatic carbocycles. The van der Waals surface area contributed by atoms with Gasteiger partial charge in [-0.2, -0.15) is 0 Å². The van der Waals surface area contributed by atoms with E-state index >= 15 is 0 Å². The van der Waals surface area contributed by atoms with Crippen LogP contribution in [0.4, 0.5) is 9.52 Å². The zero-order chi connectivity index (χ0) is 21.1. The number of thioether (sulfide) groups is 1. The number of ether oxygens (including phenoxy) is 1. The van der Waals surface area contributed by atoms with E-state index in [1.807, 2.05) is 0 Å². The Labute approximate surface area is 176 Å². The van der Waals surface area contributed by atoms with Gasteiger partial charge in [0.25, 0.3) is 11.5 Å². The Kier molecular flexibility index (Phi) is 5.77. The fourth-order valence-corrected chi connectivity index (χ4v) is 4.12. The second kappa shape index (κ2) is 8.63.